The summed E-state index contributed by atoms with van der Waals surface area (Å²) in [5.74, 6) is -0.351. The molecule has 1 aromatic heterocycles. The van der Waals surface area contributed by atoms with E-state index in [4.69, 9.17) is 14.5 Å². The first-order valence-electron chi connectivity index (χ1n) is 7.11. The monoisotopic (exact) mass is 325 g/mol. The van der Waals surface area contributed by atoms with Gasteiger partial charge in [0.15, 0.2) is 11.9 Å². The van der Waals surface area contributed by atoms with Gasteiger partial charge in [-0.2, -0.15) is 5.26 Å². The molecule has 7 heteroatoms. The molecule has 7 nitrogen and oxygen atoms in total. The lowest BCUT2D eigenvalue weighted by atomic mass is 10.1. The summed E-state index contributed by atoms with van der Waals surface area (Å²) in [6.07, 6.45) is 1.76. The average molecular weight is 325 g/mol. The third-order valence-corrected chi connectivity index (χ3v) is 2.99. The van der Waals surface area contributed by atoms with E-state index in [1.807, 2.05) is 6.07 Å². The van der Waals surface area contributed by atoms with Gasteiger partial charge in [0.05, 0.1) is 11.6 Å². The van der Waals surface area contributed by atoms with Crippen LogP contribution in [0.2, 0.25) is 0 Å². The van der Waals surface area contributed by atoms with Crippen molar-refractivity contribution in [1.82, 2.24) is 5.16 Å². The Balaban J connectivity index is 1.87. The quantitative estimate of drug-likeness (QED) is 0.668. The Morgan fingerprint density at radius 1 is 1.38 bits per heavy atom. The molecule has 1 amide bonds. The Morgan fingerprint density at radius 3 is 2.67 bits per heavy atom. The second kappa shape index (κ2) is 7.74. The summed E-state index contributed by atoms with van der Waals surface area (Å²) in [4.78, 5) is 23.6. The molecule has 0 aliphatic rings. The molecule has 0 aliphatic heterocycles. The van der Waals surface area contributed by atoms with Gasteiger partial charge in [-0.3, -0.25) is 4.79 Å². The number of nitrogens with zero attached hydrogens (tertiary/aromatic N) is 2. The highest BCUT2D eigenvalue weighted by molar-refractivity contribution is 5.96. The smallest absolute Gasteiger partial charge is 0.331 e. The van der Waals surface area contributed by atoms with E-state index in [0.717, 1.165) is 5.56 Å². The maximum atomic E-state index is 11.9. The Morgan fingerprint density at radius 2 is 2.08 bits per heavy atom. The van der Waals surface area contributed by atoms with Gasteiger partial charge in [-0.1, -0.05) is 17.3 Å². The highest BCUT2D eigenvalue weighted by atomic mass is 16.5. The summed E-state index contributed by atoms with van der Waals surface area (Å²) in [5, 5.41) is 14.8. The van der Waals surface area contributed by atoms with E-state index in [9.17, 15) is 9.59 Å². The molecule has 0 radical (unpaired) electrons. The van der Waals surface area contributed by atoms with Crippen LogP contribution in [-0.2, 0) is 14.3 Å². The van der Waals surface area contributed by atoms with Crippen LogP contribution in [0.5, 0.6) is 0 Å². The van der Waals surface area contributed by atoms with Crippen molar-refractivity contribution in [2.75, 3.05) is 5.32 Å². The van der Waals surface area contributed by atoms with Gasteiger partial charge in [-0.25, -0.2) is 4.79 Å². The zero-order chi connectivity index (χ0) is 17.5. The molecule has 0 spiro atoms. The van der Waals surface area contributed by atoms with Crippen LogP contribution in [0.3, 0.4) is 0 Å². The molecule has 0 saturated carbocycles. The fraction of sp³-hybridized carbons (Fsp3) is 0.176. The lowest BCUT2D eigenvalue weighted by molar-refractivity contribution is -0.148. The zero-order valence-electron chi connectivity index (χ0n) is 13.1. The van der Waals surface area contributed by atoms with Gasteiger partial charge in [0.1, 0.15) is 5.76 Å². The van der Waals surface area contributed by atoms with Crippen LogP contribution in [-0.4, -0.2) is 23.1 Å². The van der Waals surface area contributed by atoms with E-state index in [-0.39, 0.29) is 5.82 Å². The number of carbonyl (C=O) groups is 2. The predicted molar refractivity (Wildman–Crippen MR) is 85.6 cm³/mol. The summed E-state index contributed by atoms with van der Waals surface area (Å²) >= 11 is 0. The largest absolute Gasteiger partial charge is 0.449 e. The number of hydrogen-bond donors (Lipinski definition) is 1. The van der Waals surface area contributed by atoms with Crippen LogP contribution >= 0.6 is 0 Å². The van der Waals surface area contributed by atoms with Gasteiger partial charge >= 0.3 is 5.97 Å². The number of hydrogen-bond acceptors (Lipinski definition) is 6. The molecule has 122 valence electrons. The van der Waals surface area contributed by atoms with Gasteiger partial charge in [0.2, 0.25) is 0 Å². The van der Waals surface area contributed by atoms with E-state index in [0.29, 0.717) is 11.3 Å². The fourth-order valence-corrected chi connectivity index (χ4v) is 1.75. The Kier molecular flexibility index (Phi) is 5.47. The molecular formula is C17H15N3O4. The second-order valence-electron chi connectivity index (χ2n) is 4.96. The Hall–Kier alpha value is -3.40. The number of anilines is 1. The summed E-state index contributed by atoms with van der Waals surface area (Å²) < 4.78 is 9.84. The third-order valence-electron chi connectivity index (χ3n) is 2.99. The molecule has 24 heavy (non-hydrogen) atoms. The summed E-state index contributed by atoms with van der Waals surface area (Å²) in [6, 6.07) is 10.2. The number of ether oxygens (including phenoxy) is 1. The van der Waals surface area contributed by atoms with E-state index >= 15 is 0 Å². The van der Waals surface area contributed by atoms with Gasteiger partial charge in [0.25, 0.3) is 5.91 Å². The molecule has 0 saturated heterocycles. The highest BCUT2D eigenvalue weighted by Gasteiger charge is 2.17. The van der Waals surface area contributed by atoms with Crippen LogP contribution < -0.4 is 5.32 Å². The minimum Gasteiger partial charge on any atom is -0.449 e. The maximum Gasteiger partial charge on any atom is 0.331 e. The first kappa shape index (κ1) is 17.0. The third kappa shape index (κ3) is 4.81. The topological polar surface area (TPSA) is 105 Å². The van der Waals surface area contributed by atoms with Crippen LogP contribution in [0.4, 0.5) is 5.82 Å². The van der Waals surface area contributed by atoms with E-state index < -0.39 is 18.0 Å². The highest BCUT2D eigenvalue weighted by Crippen LogP contribution is 2.09. The number of aromatic nitrogens is 1. The number of benzene rings is 1. The van der Waals surface area contributed by atoms with Crippen LogP contribution in [0.1, 0.15) is 23.8 Å². The molecule has 0 aliphatic carbocycles. The standard InChI is InChI=1S/C17H15N3O4/c1-11-9-15(20-24-11)19-17(22)12(2)23-16(21)8-7-13-3-5-14(10-18)6-4-13/h3-9,12H,1-2H3,(H,19,20,22)/b8-7+/t12-/m1/s1. The van der Waals surface area contributed by atoms with Crippen molar-refractivity contribution in [3.8, 4) is 6.07 Å². The number of rotatable bonds is 5. The molecule has 1 N–H and O–H groups in total. The molecular weight excluding hydrogens is 310 g/mol. The van der Waals surface area contributed by atoms with Crippen LogP contribution in [0.15, 0.2) is 40.9 Å². The molecule has 0 unspecified atom stereocenters. The van der Waals surface area contributed by atoms with Crippen molar-refractivity contribution in [3.05, 3.63) is 53.3 Å². The molecule has 1 aromatic carbocycles. The summed E-state index contributed by atoms with van der Waals surface area (Å²) in [6.45, 7) is 3.15. The number of amides is 1. The first-order valence-corrected chi connectivity index (χ1v) is 7.11. The molecule has 0 bridgehead atoms. The van der Waals surface area contributed by atoms with Crippen molar-refractivity contribution in [2.24, 2.45) is 0 Å². The van der Waals surface area contributed by atoms with Crippen molar-refractivity contribution in [2.45, 2.75) is 20.0 Å². The molecule has 2 aromatic rings. The lowest BCUT2D eigenvalue weighted by Gasteiger charge is -2.10. The van der Waals surface area contributed by atoms with Gasteiger partial charge in [-0.05, 0) is 37.6 Å². The Labute approximate surface area is 138 Å². The predicted octanol–water partition coefficient (Wildman–Crippen LogP) is 2.44. The maximum absolute atomic E-state index is 11.9. The fourth-order valence-electron chi connectivity index (χ4n) is 1.75. The van der Waals surface area contributed by atoms with Crippen molar-refractivity contribution in [1.29, 1.82) is 5.26 Å². The van der Waals surface area contributed by atoms with Crippen molar-refractivity contribution >= 4 is 23.8 Å². The average Bonchev–Trinajstić information content (AvgIpc) is 2.98. The normalized spacial score (nSPS) is 11.7. The number of aryl methyl sites for hydroxylation is 1. The van der Waals surface area contributed by atoms with E-state index in [1.54, 1.807) is 37.3 Å². The lowest BCUT2D eigenvalue weighted by Crippen LogP contribution is -2.29. The molecule has 0 fully saturated rings. The van der Waals surface area contributed by atoms with Crippen molar-refractivity contribution in [3.63, 3.8) is 0 Å². The van der Waals surface area contributed by atoms with E-state index in [1.165, 1.54) is 19.1 Å². The minimum absolute atomic E-state index is 0.258. The van der Waals surface area contributed by atoms with Gasteiger partial charge in [0, 0.05) is 12.1 Å². The molecule has 2 rings (SSSR count). The van der Waals surface area contributed by atoms with Gasteiger partial charge in [-0.15, -0.1) is 0 Å². The second-order valence-corrected chi connectivity index (χ2v) is 4.96. The number of nitriles is 1. The Bertz CT molecular complexity index is 800. The van der Waals surface area contributed by atoms with Gasteiger partial charge < -0.3 is 14.6 Å². The van der Waals surface area contributed by atoms with Crippen LogP contribution in [0.25, 0.3) is 6.08 Å². The minimum atomic E-state index is -0.986. The SMILES string of the molecule is Cc1cc(NC(=O)[C@@H](C)OC(=O)/C=C/c2ccc(C#N)cc2)no1. The first-order chi connectivity index (χ1) is 11.5. The number of nitrogens with one attached hydrogen (secondary N) is 1. The molecule has 1 heterocycles. The zero-order valence-corrected chi connectivity index (χ0v) is 13.1. The summed E-state index contributed by atoms with van der Waals surface area (Å²) in [5.41, 5.74) is 1.27. The van der Waals surface area contributed by atoms with Crippen molar-refractivity contribution < 1.29 is 18.8 Å². The number of esters is 1. The van der Waals surface area contributed by atoms with Crippen LogP contribution in [0, 0.1) is 18.3 Å². The van der Waals surface area contributed by atoms with E-state index in [2.05, 4.69) is 10.5 Å². The molecule has 1 atom stereocenters. The summed E-state index contributed by atoms with van der Waals surface area (Å²) in [7, 11) is 0. The number of carbonyl (C=O) groups excluding carboxylic acids is 2.